The van der Waals surface area contributed by atoms with Crippen LogP contribution in [0.5, 0.6) is 0 Å². The third-order valence-electron chi connectivity index (χ3n) is 7.57. The number of hydrogen-bond acceptors (Lipinski definition) is 7. The topological polar surface area (TPSA) is 119 Å². The second kappa shape index (κ2) is 12.4. The molecular weight excluding hydrogens is 558 g/mol. The number of amides is 2. The van der Waals surface area contributed by atoms with Crippen molar-refractivity contribution in [3.05, 3.63) is 118 Å². The Labute approximate surface area is 253 Å². The third kappa shape index (κ3) is 6.02. The average Bonchev–Trinajstić information content (AvgIpc) is 3.60. The fourth-order valence-corrected chi connectivity index (χ4v) is 5.07. The van der Waals surface area contributed by atoms with Gasteiger partial charge < -0.3 is 29.3 Å². The van der Waals surface area contributed by atoms with Crippen LogP contribution in [0.2, 0.25) is 0 Å². The van der Waals surface area contributed by atoms with Gasteiger partial charge in [-0.1, -0.05) is 24.3 Å². The van der Waals surface area contributed by atoms with Crippen LogP contribution in [0.4, 0.5) is 17.2 Å². The standard InChI is InChI=1S/C34H31N5O5/c1-22-27(5-3-6-28(22)37-32(40)24-10-8-23(9-11-24)30-7-4-18-44-30)29-21-38(2)34(42)31(36-29)35-26-14-12-25(13-15-26)33(41)39-16-19-43-20-17-39/h3-15,18,21H,16-17,19-20H2,1-2H3,(H,35,36)(H,37,40). The lowest BCUT2D eigenvalue weighted by molar-refractivity contribution is 0.0303. The molecule has 2 aromatic heterocycles. The third-order valence-corrected chi connectivity index (χ3v) is 7.57. The lowest BCUT2D eigenvalue weighted by Gasteiger charge is -2.26. The monoisotopic (exact) mass is 589 g/mol. The van der Waals surface area contributed by atoms with E-state index < -0.39 is 0 Å². The molecule has 1 aliphatic rings. The number of rotatable bonds is 7. The number of nitrogens with zero attached hydrogens (tertiary/aromatic N) is 3. The number of furan rings is 1. The number of anilines is 3. The number of aromatic nitrogens is 2. The van der Waals surface area contributed by atoms with Gasteiger partial charge in [0.2, 0.25) is 0 Å². The van der Waals surface area contributed by atoms with Gasteiger partial charge in [-0.05, 0) is 67.1 Å². The molecule has 0 spiro atoms. The molecule has 3 heterocycles. The summed E-state index contributed by atoms with van der Waals surface area (Å²) in [7, 11) is 1.66. The predicted octanol–water partition coefficient (Wildman–Crippen LogP) is 5.48. The molecule has 2 amide bonds. The van der Waals surface area contributed by atoms with E-state index in [1.807, 2.05) is 49.4 Å². The molecule has 0 atom stereocenters. The van der Waals surface area contributed by atoms with Crippen LogP contribution in [0, 0.1) is 6.92 Å². The molecule has 1 aliphatic heterocycles. The van der Waals surface area contributed by atoms with Gasteiger partial charge in [0, 0.05) is 60.0 Å². The second-order valence-corrected chi connectivity index (χ2v) is 10.5. The first-order valence-corrected chi connectivity index (χ1v) is 14.2. The molecule has 0 bridgehead atoms. The van der Waals surface area contributed by atoms with E-state index in [1.54, 1.807) is 60.8 Å². The van der Waals surface area contributed by atoms with Gasteiger partial charge in [-0.25, -0.2) is 4.98 Å². The lowest BCUT2D eigenvalue weighted by atomic mass is 10.0. The van der Waals surface area contributed by atoms with E-state index in [-0.39, 0.29) is 23.2 Å². The number of hydrogen-bond donors (Lipinski definition) is 2. The summed E-state index contributed by atoms with van der Waals surface area (Å²) in [5, 5.41) is 6.10. The van der Waals surface area contributed by atoms with Gasteiger partial charge in [0.05, 0.1) is 25.2 Å². The summed E-state index contributed by atoms with van der Waals surface area (Å²) >= 11 is 0. The summed E-state index contributed by atoms with van der Waals surface area (Å²) < 4.78 is 12.2. The largest absolute Gasteiger partial charge is 0.464 e. The molecule has 6 rings (SSSR count). The minimum Gasteiger partial charge on any atom is -0.464 e. The van der Waals surface area contributed by atoms with Gasteiger partial charge >= 0.3 is 0 Å². The van der Waals surface area contributed by atoms with Crippen molar-refractivity contribution in [2.75, 3.05) is 36.9 Å². The van der Waals surface area contributed by atoms with E-state index in [4.69, 9.17) is 9.15 Å². The molecule has 1 fully saturated rings. The van der Waals surface area contributed by atoms with Crippen molar-refractivity contribution in [3.63, 3.8) is 0 Å². The van der Waals surface area contributed by atoms with Gasteiger partial charge in [-0.15, -0.1) is 0 Å². The molecule has 222 valence electrons. The van der Waals surface area contributed by atoms with E-state index in [9.17, 15) is 14.4 Å². The van der Waals surface area contributed by atoms with Crippen molar-refractivity contribution >= 4 is 29.0 Å². The average molecular weight is 590 g/mol. The molecule has 0 radical (unpaired) electrons. The van der Waals surface area contributed by atoms with E-state index in [0.29, 0.717) is 54.5 Å². The van der Waals surface area contributed by atoms with Crippen LogP contribution >= 0.6 is 0 Å². The van der Waals surface area contributed by atoms with Crippen molar-refractivity contribution in [1.82, 2.24) is 14.5 Å². The van der Waals surface area contributed by atoms with Crippen molar-refractivity contribution in [3.8, 4) is 22.6 Å². The van der Waals surface area contributed by atoms with Crippen molar-refractivity contribution in [2.45, 2.75) is 6.92 Å². The Kier molecular flexibility index (Phi) is 8.07. The Balaban J connectivity index is 1.20. The first kappa shape index (κ1) is 28.6. The van der Waals surface area contributed by atoms with Gasteiger partial charge in [-0.2, -0.15) is 0 Å². The number of morpholine rings is 1. The normalized spacial score (nSPS) is 13.0. The maximum absolute atomic E-state index is 13.1. The van der Waals surface area contributed by atoms with Gasteiger partial charge in [-0.3, -0.25) is 14.4 Å². The maximum Gasteiger partial charge on any atom is 0.293 e. The Bertz CT molecular complexity index is 1860. The summed E-state index contributed by atoms with van der Waals surface area (Å²) in [6, 6.07) is 23.4. The molecule has 10 nitrogen and oxygen atoms in total. The molecular formula is C34H31N5O5. The van der Waals surface area contributed by atoms with Crippen molar-refractivity contribution < 1.29 is 18.7 Å². The van der Waals surface area contributed by atoms with Crippen LogP contribution in [0.25, 0.3) is 22.6 Å². The molecule has 5 aromatic rings. The lowest BCUT2D eigenvalue weighted by Crippen LogP contribution is -2.40. The van der Waals surface area contributed by atoms with Crippen LogP contribution in [0.15, 0.2) is 101 Å². The van der Waals surface area contributed by atoms with Crippen LogP contribution in [-0.4, -0.2) is 52.6 Å². The number of benzene rings is 3. The summed E-state index contributed by atoms with van der Waals surface area (Å²) in [4.78, 5) is 45.3. The highest BCUT2D eigenvalue weighted by molar-refractivity contribution is 6.05. The number of carbonyl (C=O) groups excluding carboxylic acids is 2. The SMILES string of the molecule is Cc1c(NC(=O)c2ccc(-c3ccco3)cc2)cccc1-c1cn(C)c(=O)c(Nc2ccc(C(=O)N3CCOCC3)cc2)n1. The molecule has 3 aromatic carbocycles. The first-order chi connectivity index (χ1) is 21.4. The Morgan fingerprint density at radius 2 is 1.61 bits per heavy atom. The summed E-state index contributed by atoms with van der Waals surface area (Å²) in [5.74, 6) is 0.574. The fourth-order valence-electron chi connectivity index (χ4n) is 5.07. The van der Waals surface area contributed by atoms with Gasteiger partial charge in [0.15, 0.2) is 5.82 Å². The summed E-state index contributed by atoms with van der Waals surface area (Å²) in [5.41, 5.74) is 5.04. The van der Waals surface area contributed by atoms with Crippen LogP contribution in [0.1, 0.15) is 26.3 Å². The highest BCUT2D eigenvalue weighted by Gasteiger charge is 2.19. The number of carbonyl (C=O) groups is 2. The molecule has 1 saturated heterocycles. The molecule has 2 N–H and O–H groups in total. The zero-order valence-corrected chi connectivity index (χ0v) is 24.4. The number of nitrogens with one attached hydrogen (secondary N) is 2. The number of aryl methyl sites for hydroxylation is 1. The number of ether oxygens (including phenoxy) is 1. The van der Waals surface area contributed by atoms with E-state index in [1.165, 1.54) is 4.57 Å². The second-order valence-electron chi connectivity index (χ2n) is 10.5. The van der Waals surface area contributed by atoms with E-state index in [2.05, 4.69) is 15.6 Å². The maximum atomic E-state index is 13.1. The molecule has 0 unspecified atom stereocenters. The fraction of sp³-hybridized carbons (Fsp3) is 0.176. The zero-order chi connectivity index (χ0) is 30.6. The minimum absolute atomic E-state index is 0.0516. The van der Waals surface area contributed by atoms with Crippen molar-refractivity contribution in [2.24, 2.45) is 7.05 Å². The summed E-state index contributed by atoms with van der Waals surface area (Å²) in [6.45, 7) is 4.10. The van der Waals surface area contributed by atoms with Crippen LogP contribution in [0.3, 0.4) is 0 Å². The minimum atomic E-state index is -0.303. The van der Waals surface area contributed by atoms with Crippen LogP contribution < -0.4 is 16.2 Å². The molecule has 0 aliphatic carbocycles. The van der Waals surface area contributed by atoms with Crippen molar-refractivity contribution in [1.29, 1.82) is 0 Å². The molecule has 44 heavy (non-hydrogen) atoms. The molecule has 0 saturated carbocycles. The first-order valence-electron chi connectivity index (χ1n) is 14.2. The Hall–Kier alpha value is -5.48. The van der Waals surface area contributed by atoms with Gasteiger partial charge in [0.1, 0.15) is 5.76 Å². The highest BCUT2D eigenvalue weighted by Crippen LogP contribution is 2.29. The molecule has 10 heteroatoms. The predicted molar refractivity (Wildman–Crippen MR) is 168 cm³/mol. The Morgan fingerprint density at radius 1 is 0.886 bits per heavy atom. The van der Waals surface area contributed by atoms with Crippen LogP contribution in [-0.2, 0) is 11.8 Å². The van der Waals surface area contributed by atoms with Gasteiger partial charge in [0.25, 0.3) is 17.4 Å². The summed E-state index contributed by atoms with van der Waals surface area (Å²) in [6.07, 6.45) is 3.28. The van der Waals surface area contributed by atoms with E-state index >= 15 is 0 Å². The zero-order valence-electron chi connectivity index (χ0n) is 24.4. The Morgan fingerprint density at radius 3 is 2.32 bits per heavy atom. The van der Waals surface area contributed by atoms with E-state index in [0.717, 1.165) is 22.5 Å². The smallest absolute Gasteiger partial charge is 0.293 e. The quantitative estimate of drug-likeness (QED) is 0.258. The highest BCUT2D eigenvalue weighted by atomic mass is 16.5.